The van der Waals surface area contributed by atoms with Crippen LogP contribution in [0.4, 0.5) is 0 Å². The summed E-state index contributed by atoms with van der Waals surface area (Å²) in [7, 11) is 0. The summed E-state index contributed by atoms with van der Waals surface area (Å²) in [5.74, 6) is 0.761. The zero-order chi connectivity index (χ0) is 21.0. The van der Waals surface area contributed by atoms with Crippen LogP contribution in [0, 0.1) is 5.92 Å². The first-order valence-corrected chi connectivity index (χ1v) is 11.7. The average molecular weight is 428 g/mol. The van der Waals surface area contributed by atoms with Gasteiger partial charge in [0, 0.05) is 11.2 Å². The van der Waals surface area contributed by atoms with E-state index in [1.807, 2.05) is 36.4 Å². The van der Waals surface area contributed by atoms with Crippen LogP contribution < -0.4 is 5.56 Å². The first-order chi connectivity index (χ1) is 15.2. The molecule has 0 amide bonds. The molecule has 1 fully saturated rings. The highest BCUT2D eigenvalue weighted by Crippen LogP contribution is 2.26. The highest BCUT2D eigenvalue weighted by Gasteiger charge is 2.20. The standard InChI is InChI=1S/C26H25N3OS/c30-25-22-10-4-5-12-24(22)31-26(28-25)23-11-6-9-21(27-23)18-29-15-13-20(14-16-29)17-19-7-2-1-3-8-19/h1-12,20H,13-18H2. The fraction of sp³-hybridized carbons (Fsp3) is 0.269. The molecule has 4 nitrogen and oxygen atoms in total. The van der Waals surface area contributed by atoms with E-state index in [0.29, 0.717) is 10.4 Å². The van der Waals surface area contributed by atoms with Crippen molar-refractivity contribution in [2.24, 2.45) is 5.92 Å². The molecule has 0 unspecified atom stereocenters. The highest BCUT2D eigenvalue weighted by molar-refractivity contribution is 7.21. The van der Waals surface area contributed by atoms with Gasteiger partial charge in [-0.3, -0.25) is 9.69 Å². The van der Waals surface area contributed by atoms with Gasteiger partial charge >= 0.3 is 0 Å². The summed E-state index contributed by atoms with van der Waals surface area (Å²) >= 11 is 1.52. The highest BCUT2D eigenvalue weighted by atomic mass is 32.1. The van der Waals surface area contributed by atoms with Gasteiger partial charge in [-0.1, -0.05) is 48.5 Å². The van der Waals surface area contributed by atoms with E-state index in [0.717, 1.165) is 41.6 Å². The van der Waals surface area contributed by atoms with E-state index >= 15 is 0 Å². The zero-order valence-corrected chi connectivity index (χ0v) is 18.2. The Hall–Kier alpha value is -2.89. The minimum absolute atomic E-state index is 0.183. The molecule has 2 aromatic heterocycles. The topological polar surface area (TPSA) is 46.1 Å². The fourth-order valence-electron chi connectivity index (χ4n) is 4.33. The Bertz CT molecular complexity index is 1230. The van der Waals surface area contributed by atoms with Gasteiger partial charge in [0.05, 0.1) is 16.8 Å². The van der Waals surface area contributed by atoms with Crippen LogP contribution in [0.15, 0.2) is 77.6 Å². The van der Waals surface area contributed by atoms with E-state index in [1.54, 1.807) is 0 Å². The fourth-order valence-corrected chi connectivity index (χ4v) is 5.30. The first kappa shape index (κ1) is 20.0. The Balaban J connectivity index is 1.26. The van der Waals surface area contributed by atoms with E-state index in [4.69, 9.17) is 4.98 Å². The van der Waals surface area contributed by atoms with E-state index in [1.165, 1.54) is 36.2 Å². The molecular weight excluding hydrogens is 402 g/mol. The van der Waals surface area contributed by atoms with E-state index in [-0.39, 0.29) is 5.56 Å². The van der Waals surface area contributed by atoms with Crippen molar-refractivity contribution in [2.45, 2.75) is 25.8 Å². The maximum Gasteiger partial charge on any atom is 0.279 e. The second-order valence-corrected chi connectivity index (χ2v) is 9.27. The van der Waals surface area contributed by atoms with Crippen molar-refractivity contribution in [2.75, 3.05) is 13.1 Å². The molecule has 5 rings (SSSR count). The summed E-state index contributed by atoms with van der Waals surface area (Å²) in [6.45, 7) is 3.05. The van der Waals surface area contributed by atoms with Gasteiger partial charge in [0.15, 0.2) is 0 Å². The second kappa shape index (κ2) is 9.08. The van der Waals surface area contributed by atoms with Crippen molar-refractivity contribution in [1.82, 2.24) is 14.9 Å². The average Bonchev–Trinajstić information content (AvgIpc) is 2.81. The maximum atomic E-state index is 12.4. The molecule has 0 radical (unpaired) electrons. The molecule has 4 aromatic rings. The molecule has 1 aliphatic heterocycles. The van der Waals surface area contributed by atoms with Crippen LogP contribution >= 0.6 is 11.3 Å². The van der Waals surface area contributed by atoms with Crippen LogP contribution in [-0.4, -0.2) is 28.0 Å². The lowest BCUT2D eigenvalue weighted by molar-refractivity contribution is 0.175. The minimum Gasteiger partial charge on any atom is -0.297 e. The number of pyridine rings is 1. The second-order valence-electron chi connectivity index (χ2n) is 8.24. The predicted molar refractivity (Wildman–Crippen MR) is 127 cm³/mol. The van der Waals surface area contributed by atoms with Crippen LogP contribution in [0.3, 0.4) is 0 Å². The number of benzene rings is 2. The third-order valence-corrected chi connectivity index (χ3v) is 7.08. The first-order valence-electron chi connectivity index (χ1n) is 10.9. The van der Waals surface area contributed by atoms with E-state index in [2.05, 4.69) is 46.3 Å². The Kier molecular flexibility index (Phi) is 5.87. The monoisotopic (exact) mass is 427 g/mol. The van der Waals surface area contributed by atoms with Crippen LogP contribution in [0.5, 0.6) is 0 Å². The Morgan fingerprint density at radius 3 is 2.48 bits per heavy atom. The van der Waals surface area contributed by atoms with Crippen molar-refractivity contribution in [1.29, 1.82) is 0 Å². The molecule has 156 valence electrons. The van der Waals surface area contributed by atoms with Crippen molar-refractivity contribution >= 4 is 21.4 Å². The molecule has 2 aromatic carbocycles. The summed E-state index contributed by atoms with van der Waals surface area (Å²) in [5.41, 5.74) is 3.08. The van der Waals surface area contributed by atoms with Gasteiger partial charge in [-0.2, -0.15) is 4.98 Å². The quantitative estimate of drug-likeness (QED) is 0.441. The van der Waals surface area contributed by atoms with Crippen molar-refractivity contribution in [3.8, 4) is 10.7 Å². The molecule has 0 aliphatic carbocycles. The van der Waals surface area contributed by atoms with Crippen LogP contribution in [0.25, 0.3) is 20.8 Å². The lowest BCUT2D eigenvalue weighted by Gasteiger charge is -2.31. The summed E-state index contributed by atoms with van der Waals surface area (Å²) in [5, 5.41) is 1.36. The van der Waals surface area contributed by atoms with Crippen molar-refractivity contribution in [3.05, 3.63) is 94.4 Å². The van der Waals surface area contributed by atoms with Gasteiger partial charge in [-0.25, -0.2) is 4.98 Å². The van der Waals surface area contributed by atoms with Crippen molar-refractivity contribution in [3.63, 3.8) is 0 Å². The number of fused-ring (bicyclic) bond motifs is 1. The largest absolute Gasteiger partial charge is 0.297 e. The number of aromatic nitrogens is 2. The Morgan fingerprint density at radius 1 is 0.871 bits per heavy atom. The number of piperidine rings is 1. The van der Waals surface area contributed by atoms with E-state index < -0.39 is 0 Å². The van der Waals surface area contributed by atoms with Gasteiger partial charge in [-0.15, -0.1) is 11.3 Å². The number of nitrogens with zero attached hydrogens (tertiary/aromatic N) is 3. The summed E-state index contributed by atoms with van der Waals surface area (Å²) < 4.78 is 0.949. The molecule has 31 heavy (non-hydrogen) atoms. The summed E-state index contributed by atoms with van der Waals surface area (Å²) in [6.07, 6.45) is 3.62. The number of hydrogen-bond donors (Lipinski definition) is 0. The third-order valence-electron chi connectivity index (χ3n) is 6.01. The van der Waals surface area contributed by atoms with Gasteiger partial charge in [0.2, 0.25) is 0 Å². The Labute approximate surface area is 186 Å². The van der Waals surface area contributed by atoms with Crippen molar-refractivity contribution < 1.29 is 0 Å². The van der Waals surface area contributed by atoms with Crippen LogP contribution in [0.2, 0.25) is 0 Å². The summed E-state index contributed by atoms with van der Waals surface area (Å²) in [6, 6.07) is 24.5. The van der Waals surface area contributed by atoms with Gasteiger partial charge in [-0.05, 0) is 68.1 Å². The molecular formula is C26H25N3OS. The Morgan fingerprint density at radius 2 is 1.65 bits per heavy atom. The van der Waals surface area contributed by atoms with Gasteiger partial charge in [0.1, 0.15) is 5.01 Å². The molecule has 1 saturated heterocycles. The zero-order valence-electron chi connectivity index (χ0n) is 17.4. The van der Waals surface area contributed by atoms with Gasteiger partial charge < -0.3 is 0 Å². The van der Waals surface area contributed by atoms with E-state index in [9.17, 15) is 4.79 Å². The smallest absolute Gasteiger partial charge is 0.279 e. The maximum absolute atomic E-state index is 12.4. The third kappa shape index (κ3) is 4.73. The molecule has 0 N–H and O–H groups in total. The van der Waals surface area contributed by atoms with Crippen LogP contribution in [0.1, 0.15) is 24.1 Å². The molecule has 0 spiro atoms. The lowest BCUT2D eigenvalue weighted by atomic mass is 9.90. The number of rotatable bonds is 5. The minimum atomic E-state index is -0.183. The normalized spacial score (nSPS) is 15.4. The molecule has 0 saturated carbocycles. The lowest BCUT2D eigenvalue weighted by Crippen LogP contribution is -2.34. The molecule has 1 aliphatic rings. The molecule has 5 heteroatoms. The molecule has 0 atom stereocenters. The SMILES string of the molecule is O=c1nc(-c2cccc(CN3CCC(Cc4ccccc4)CC3)n2)sc2ccccc12. The number of hydrogen-bond acceptors (Lipinski definition) is 5. The molecule has 3 heterocycles. The predicted octanol–water partition coefficient (Wildman–Crippen LogP) is 5.17. The molecule has 0 bridgehead atoms. The van der Waals surface area contributed by atoms with Gasteiger partial charge in [0.25, 0.3) is 5.56 Å². The summed E-state index contributed by atoms with van der Waals surface area (Å²) in [4.78, 5) is 24.0. The van der Waals surface area contributed by atoms with Crippen LogP contribution in [-0.2, 0) is 13.0 Å². The number of likely N-dealkylation sites (tertiary alicyclic amines) is 1.